The molecule has 0 aliphatic heterocycles. The molecule has 0 aliphatic carbocycles. The second-order valence-corrected chi connectivity index (χ2v) is 5.28. The van der Waals surface area contributed by atoms with Crippen LogP contribution in [0.5, 0.6) is 0 Å². The highest BCUT2D eigenvalue weighted by Crippen LogP contribution is 2.35. The second-order valence-electron chi connectivity index (χ2n) is 4.87. The van der Waals surface area contributed by atoms with Crippen molar-refractivity contribution in [1.29, 1.82) is 0 Å². The van der Waals surface area contributed by atoms with E-state index >= 15 is 0 Å². The summed E-state index contributed by atoms with van der Waals surface area (Å²) in [4.78, 5) is 15.6. The van der Waals surface area contributed by atoms with Crippen LogP contribution < -0.4 is 0 Å². The molecule has 0 spiro atoms. The molecule has 2 aromatic rings. The number of nitrogens with zero attached hydrogens (tertiary/aromatic N) is 1. The van der Waals surface area contributed by atoms with Gasteiger partial charge in [-0.25, -0.2) is 4.79 Å². The van der Waals surface area contributed by atoms with Crippen LogP contribution in [0.2, 0.25) is 5.02 Å². The van der Waals surface area contributed by atoms with Crippen molar-refractivity contribution < 1.29 is 27.8 Å². The number of hydrogen-bond acceptors (Lipinski definition) is 4. The van der Waals surface area contributed by atoms with Crippen LogP contribution in [0, 0.1) is 0 Å². The van der Waals surface area contributed by atoms with Crippen LogP contribution in [0.15, 0.2) is 30.3 Å². The Bertz CT molecular complexity index is 735. The fourth-order valence-corrected chi connectivity index (χ4v) is 2.27. The lowest BCUT2D eigenvalue weighted by atomic mass is 9.96. The Morgan fingerprint density at radius 2 is 2.00 bits per heavy atom. The highest BCUT2D eigenvalue weighted by Gasteiger charge is 2.61. The molecule has 8 heteroatoms. The van der Waals surface area contributed by atoms with Crippen LogP contribution in [0.4, 0.5) is 13.2 Å². The Hall–Kier alpha value is -1.86. The summed E-state index contributed by atoms with van der Waals surface area (Å²) in [6, 6.07) is 7.73. The molecule has 1 unspecified atom stereocenters. The van der Waals surface area contributed by atoms with Gasteiger partial charge in [0, 0.05) is 17.5 Å². The van der Waals surface area contributed by atoms with Crippen molar-refractivity contribution in [3.05, 3.63) is 41.0 Å². The van der Waals surface area contributed by atoms with Crippen molar-refractivity contribution in [2.75, 3.05) is 6.61 Å². The molecule has 0 bridgehead atoms. The van der Waals surface area contributed by atoms with Gasteiger partial charge >= 0.3 is 12.1 Å². The van der Waals surface area contributed by atoms with Crippen molar-refractivity contribution in [1.82, 2.24) is 4.98 Å². The van der Waals surface area contributed by atoms with Crippen LogP contribution >= 0.6 is 11.6 Å². The number of para-hydroxylation sites is 1. The smallest absolute Gasteiger partial charge is 0.428 e. The van der Waals surface area contributed by atoms with Gasteiger partial charge in [0.2, 0.25) is 0 Å². The lowest BCUT2D eigenvalue weighted by Crippen LogP contribution is -2.54. The number of esters is 1. The lowest BCUT2D eigenvalue weighted by molar-refractivity contribution is -0.262. The maximum absolute atomic E-state index is 13.2. The number of aliphatic hydroxyl groups is 1. The molecule has 0 fully saturated rings. The second kappa shape index (κ2) is 6.33. The molecule has 1 aromatic carbocycles. The molecule has 0 saturated heterocycles. The van der Waals surface area contributed by atoms with Crippen molar-refractivity contribution >= 4 is 28.5 Å². The Morgan fingerprint density at radius 3 is 2.61 bits per heavy atom. The molecule has 0 radical (unpaired) electrons. The number of aromatic nitrogens is 1. The summed E-state index contributed by atoms with van der Waals surface area (Å²) >= 11 is 5.96. The normalized spacial score (nSPS) is 14.5. The van der Waals surface area contributed by atoms with Gasteiger partial charge in [0.1, 0.15) is 0 Å². The van der Waals surface area contributed by atoms with E-state index in [9.17, 15) is 23.1 Å². The quantitative estimate of drug-likeness (QED) is 0.862. The van der Waals surface area contributed by atoms with Gasteiger partial charge < -0.3 is 9.84 Å². The predicted octanol–water partition coefficient (Wildman–Crippen LogP) is 3.29. The maximum atomic E-state index is 13.2. The van der Waals surface area contributed by atoms with Crippen LogP contribution in [-0.4, -0.2) is 34.4 Å². The first kappa shape index (κ1) is 17.5. The molecule has 0 saturated carbocycles. The third-order valence-electron chi connectivity index (χ3n) is 3.25. The number of hydrogen-bond donors (Lipinski definition) is 1. The minimum atomic E-state index is -5.20. The van der Waals surface area contributed by atoms with E-state index in [1.54, 1.807) is 18.2 Å². The molecule has 0 aliphatic rings. The van der Waals surface area contributed by atoms with Gasteiger partial charge in [-0.05, 0) is 19.1 Å². The summed E-state index contributed by atoms with van der Waals surface area (Å²) in [6.07, 6.45) is -6.26. The van der Waals surface area contributed by atoms with E-state index in [1.807, 2.05) is 0 Å². The number of carbonyl (C=O) groups excluding carboxylic acids is 1. The molecule has 2 rings (SSSR count). The van der Waals surface area contributed by atoms with E-state index in [-0.39, 0.29) is 17.3 Å². The summed E-state index contributed by atoms with van der Waals surface area (Å²) in [5, 5.41) is 10.8. The predicted molar refractivity (Wildman–Crippen MR) is 78.1 cm³/mol. The van der Waals surface area contributed by atoms with E-state index < -0.39 is 24.2 Å². The number of halogens is 4. The monoisotopic (exact) mass is 347 g/mol. The van der Waals surface area contributed by atoms with E-state index in [2.05, 4.69) is 9.72 Å². The molecular weight excluding hydrogens is 335 g/mol. The molecular formula is C15H13ClF3NO3. The fourth-order valence-electron chi connectivity index (χ4n) is 2.05. The Kier molecular flexibility index (Phi) is 4.81. The summed E-state index contributed by atoms with van der Waals surface area (Å²) in [6.45, 7) is 1.07. The van der Waals surface area contributed by atoms with Crippen molar-refractivity contribution in [3.63, 3.8) is 0 Å². The van der Waals surface area contributed by atoms with Gasteiger partial charge in [0.15, 0.2) is 0 Å². The van der Waals surface area contributed by atoms with E-state index in [0.717, 1.165) is 0 Å². The van der Waals surface area contributed by atoms with Gasteiger partial charge in [0.25, 0.3) is 5.60 Å². The number of fused-ring (bicyclic) bond motifs is 1. The third kappa shape index (κ3) is 3.40. The van der Waals surface area contributed by atoms with Crippen molar-refractivity contribution in [2.24, 2.45) is 0 Å². The number of benzene rings is 1. The first-order valence-corrected chi connectivity index (χ1v) is 7.07. The van der Waals surface area contributed by atoms with Gasteiger partial charge in [-0.15, -0.1) is 0 Å². The van der Waals surface area contributed by atoms with E-state index in [4.69, 9.17) is 11.6 Å². The lowest BCUT2D eigenvalue weighted by Gasteiger charge is -2.27. The fraction of sp³-hybridized carbons (Fsp3) is 0.333. The summed E-state index contributed by atoms with van der Waals surface area (Å²) in [7, 11) is 0. The van der Waals surface area contributed by atoms with Gasteiger partial charge in [-0.2, -0.15) is 13.2 Å². The molecule has 23 heavy (non-hydrogen) atoms. The average molecular weight is 348 g/mol. The minimum absolute atomic E-state index is 0.126. The number of carbonyl (C=O) groups is 1. The molecule has 124 valence electrons. The zero-order valence-corrected chi connectivity index (χ0v) is 12.8. The Morgan fingerprint density at radius 1 is 1.30 bits per heavy atom. The number of rotatable bonds is 4. The number of pyridine rings is 1. The SMILES string of the molecule is CCOC(=O)C(O)(Cc1ccc2cccc(Cl)c2n1)C(F)(F)F. The third-order valence-corrected chi connectivity index (χ3v) is 3.55. The zero-order valence-electron chi connectivity index (χ0n) is 12.0. The zero-order chi connectivity index (χ0) is 17.3. The Labute approximate surface area is 134 Å². The van der Waals surface area contributed by atoms with Gasteiger partial charge in [0.05, 0.1) is 17.1 Å². The molecule has 1 N–H and O–H groups in total. The number of ether oxygens (including phenoxy) is 1. The Balaban J connectivity index is 2.44. The first-order chi connectivity index (χ1) is 10.7. The molecule has 4 nitrogen and oxygen atoms in total. The highest BCUT2D eigenvalue weighted by molar-refractivity contribution is 6.35. The molecule has 1 heterocycles. The van der Waals surface area contributed by atoms with Gasteiger partial charge in [-0.1, -0.05) is 29.8 Å². The molecule has 1 aromatic heterocycles. The van der Waals surface area contributed by atoms with Crippen LogP contribution in [0.3, 0.4) is 0 Å². The van der Waals surface area contributed by atoms with E-state index in [0.29, 0.717) is 10.9 Å². The topological polar surface area (TPSA) is 59.4 Å². The summed E-state index contributed by atoms with van der Waals surface area (Å²) < 4.78 is 43.8. The van der Waals surface area contributed by atoms with E-state index in [1.165, 1.54) is 19.1 Å². The first-order valence-electron chi connectivity index (χ1n) is 6.69. The summed E-state index contributed by atoms with van der Waals surface area (Å²) in [5.41, 5.74) is -3.50. The van der Waals surface area contributed by atoms with Crippen molar-refractivity contribution in [2.45, 2.75) is 25.1 Å². The van der Waals surface area contributed by atoms with Crippen LogP contribution in [0.1, 0.15) is 12.6 Å². The molecule has 0 amide bonds. The molecule has 1 atom stereocenters. The minimum Gasteiger partial charge on any atom is -0.464 e. The standard InChI is InChI=1S/C15H13ClF3NO3/c1-2-23-13(21)14(22,15(17,18)19)8-10-7-6-9-4-3-5-11(16)12(9)20-10/h3-7,22H,2,8H2,1H3. The summed E-state index contributed by atoms with van der Waals surface area (Å²) in [5.74, 6) is -1.76. The van der Waals surface area contributed by atoms with Crippen LogP contribution in [0.25, 0.3) is 10.9 Å². The van der Waals surface area contributed by atoms with Crippen LogP contribution in [-0.2, 0) is 16.0 Å². The highest BCUT2D eigenvalue weighted by atomic mass is 35.5. The van der Waals surface area contributed by atoms with Crippen molar-refractivity contribution in [3.8, 4) is 0 Å². The average Bonchev–Trinajstić information content (AvgIpc) is 2.47. The maximum Gasteiger partial charge on any atom is 0.428 e. The van der Waals surface area contributed by atoms with Gasteiger partial charge in [-0.3, -0.25) is 4.98 Å². The number of alkyl halides is 3. The largest absolute Gasteiger partial charge is 0.464 e.